The molecule has 184 valence electrons. The fourth-order valence-electron chi connectivity index (χ4n) is 5.44. The molecule has 2 aliphatic rings. The van der Waals surface area contributed by atoms with Crippen molar-refractivity contribution in [2.45, 2.75) is 51.0 Å². The van der Waals surface area contributed by atoms with Gasteiger partial charge in [0.2, 0.25) is 5.95 Å². The van der Waals surface area contributed by atoms with Crippen LogP contribution in [0, 0.1) is 5.82 Å². The van der Waals surface area contributed by atoms with Crippen LogP contribution in [0.4, 0.5) is 10.3 Å². The fraction of sp³-hybridized carbons (Fsp3) is 0.357. The Morgan fingerprint density at radius 1 is 1.19 bits per heavy atom. The Kier molecular flexibility index (Phi) is 5.97. The third-order valence-electron chi connectivity index (χ3n) is 7.40. The number of ether oxygens (including phenoxy) is 1. The number of fused-ring (bicyclic) bond motifs is 3. The summed E-state index contributed by atoms with van der Waals surface area (Å²) < 4.78 is 21.1. The number of benzene rings is 1. The Hall–Kier alpha value is -3.65. The van der Waals surface area contributed by atoms with Crippen LogP contribution in [0.3, 0.4) is 0 Å². The molecule has 0 fully saturated rings. The first kappa shape index (κ1) is 22.8. The number of hydrogen-bond donors (Lipinski definition) is 1. The molecule has 0 unspecified atom stereocenters. The summed E-state index contributed by atoms with van der Waals surface area (Å²) in [5.74, 6) is 0.824. The van der Waals surface area contributed by atoms with Gasteiger partial charge in [-0.1, -0.05) is 36.8 Å². The first-order valence-corrected chi connectivity index (χ1v) is 12.5. The van der Waals surface area contributed by atoms with E-state index in [2.05, 4.69) is 46.6 Å². The van der Waals surface area contributed by atoms with E-state index in [1.165, 1.54) is 29.0 Å². The van der Waals surface area contributed by atoms with Crippen LogP contribution in [0.25, 0.3) is 22.6 Å². The van der Waals surface area contributed by atoms with Gasteiger partial charge in [0.05, 0.1) is 12.4 Å². The molecule has 0 spiro atoms. The van der Waals surface area contributed by atoms with Crippen molar-refractivity contribution in [1.29, 1.82) is 0 Å². The molecule has 0 amide bonds. The number of hydrogen-bond acceptors (Lipinski definition) is 6. The van der Waals surface area contributed by atoms with Crippen molar-refractivity contribution in [2.24, 2.45) is 0 Å². The molecule has 0 saturated carbocycles. The van der Waals surface area contributed by atoms with Gasteiger partial charge in [0.1, 0.15) is 5.82 Å². The lowest BCUT2D eigenvalue weighted by atomic mass is 9.88. The first-order valence-electron chi connectivity index (χ1n) is 12.5. The largest absolute Gasteiger partial charge is 0.385 e. The monoisotopic (exact) mass is 484 g/mol. The van der Waals surface area contributed by atoms with E-state index in [-0.39, 0.29) is 12.0 Å². The number of aromatic nitrogens is 5. The summed E-state index contributed by atoms with van der Waals surface area (Å²) in [6, 6.07) is 10.3. The van der Waals surface area contributed by atoms with Crippen molar-refractivity contribution in [3.8, 4) is 11.4 Å². The average molecular weight is 485 g/mol. The van der Waals surface area contributed by atoms with Crippen LogP contribution in [-0.4, -0.2) is 44.3 Å². The highest BCUT2D eigenvalue weighted by molar-refractivity contribution is 5.77. The van der Waals surface area contributed by atoms with Gasteiger partial charge in [-0.3, -0.25) is 4.98 Å². The number of pyridine rings is 1. The SMILES string of the molecule is COCC[C@H](C)c1cnn2c(N[C@@H]3CCC4=C(C3)c3ccccc3C4)nc(-c3cncc(F)c3)nc12. The molecule has 6 rings (SSSR count). The highest BCUT2D eigenvalue weighted by Gasteiger charge is 2.29. The average Bonchev–Trinajstić information content (AvgIpc) is 3.49. The van der Waals surface area contributed by atoms with Crippen molar-refractivity contribution < 1.29 is 9.13 Å². The van der Waals surface area contributed by atoms with Crippen LogP contribution in [0.5, 0.6) is 0 Å². The molecule has 1 aromatic carbocycles. The fourth-order valence-corrected chi connectivity index (χ4v) is 5.44. The summed E-state index contributed by atoms with van der Waals surface area (Å²) in [5.41, 5.74) is 8.10. The topological polar surface area (TPSA) is 77.2 Å². The molecule has 2 aliphatic carbocycles. The van der Waals surface area contributed by atoms with E-state index in [1.807, 2.05) is 6.20 Å². The van der Waals surface area contributed by atoms with Crippen molar-refractivity contribution in [3.63, 3.8) is 0 Å². The van der Waals surface area contributed by atoms with Crippen molar-refractivity contribution in [2.75, 3.05) is 19.0 Å². The van der Waals surface area contributed by atoms with Crippen LogP contribution >= 0.6 is 0 Å². The normalized spacial score (nSPS) is 17.8. The Morgan fingerprint density at radius 2 is 2.08 bits per heavy atom. The lowest BCUT2D eigenvalue weighted by molar-refractivity contribution is 0.189. The second-order valence-electron chi connectivity index (χ2n) is 9.78. The molecule has 1 N–H and O–H groups in total. The van der Waals surface area contributed by atoms with Crippen molar-refractivity contribution in [3.05, 3.63) is 77.0 Å². The molecule has 4 aromatic rings. The van der Waals surface area contributed by atoms with E-state index in [9.17, 15) is 4.39 Å². The second-order valence-corrected chi connectivity index (χ2v) is 9.78. The zero-order chi connectivity index (χ0) is 24.6. The number of methoxy groups -OCH3 is 1. The van der Waals surface area contributed by atoms with Gasteiger partial charge in [-0.25, -0.2) is 9.37 Å². The van der Waals surface area contributed by atoms with E-state index >= 15 is 0 Å². The summed E-state index contributed by atoms with van der Waals surface area (Å²) in [5, 5.41) is 8.32. The number of halogens is 1. The van der Waals surface area contributed by atoms with E-state index in [0.29, 0.717) is 23.9 Å². The maximum Gasteiger partial charge on any atom is 0.228 e. The van der Waals surface area contributed by atoms with Gasteiger partial charge in [0.15, 0.2) is 11.5 Å². The highest BCUT2D eigenvalue weighted by atomic mass is 19.1. The van der Waals surface area contributed by atoms with Crippen LogP contribution in [0.2, 0.25) is 0 Å². The lowest BCUT2D eigenvalue weighted by Crippen LogP contribution is -2.25. The number of nitrogens with zero attached hydrogens (tertiary/aromatic N) is 5. The third kappa shape index (κ3) is 4.15. The molecule has 0 aliphatic heterocycles. The van der Waals surface area contributed by atoms with Crippen LogP contribution in [0.15, 0.2) is 54.5 Å². The quantitative estimate of drug-likeness (QED) is 0.376. The number of rotatable bonds is 7. The zero-order valence-corrected chi connectivity index (χ0v) is 20.5. The van der Waals surface area contributed by atoms with Gasteiger partial charge in [-0.2, -0.15) is 14.6 Å². The molecule has 3 heterocycles. The van der Waals surface area contributed by atoms with Crippen molar-refractivity contribution in [1.82, 2.24) is 24.6 Å². The minimum absolute atomic E-state index is 0.195. The summed E-state index contributed by atoms with van der Waals surface area (Å²) in [4.78, 5) is 13.6. The molecule has 0 saturated heterocycles. The van der Waals surface area contributed by atoms with E-state index < -0.39 is 5.82 Å². The number of anilines is 1. The van der Waals surface area contributed by atoms with Crippen LogP contribution in [-0.2, 0) is 11.2 Å². The Labute approximate surface area is 209 Å². The maximum atomic E-state index is 14.0. The minimum Gasteiger partial charge on any atom is -0.385 e. The van der Waals surface area contributed by atoms with Gasteiger partial charge < -0.3 is 10.1 Å². The van der Waals surface area contributed by atoms with E-state index in [4.69, 9.17) is 14.7 Å². The third-order valence-corrected chi connectivity index (χ3v) is 7.40. The zero-order valence-electron chi connectivity index (χ0n) is 20.5. The standard InChI is InChI=1S/C28H29FN6O/c1-17(9-10-36-2)25-16-31-35-27(25)33-26(20-12-21(29)15-30-14-20)34-28(35)32-22-8-7-19-11-18-5-3-4-6-23(18)24(19)13-22/h3-6,12,14-17,22H,7-11,13H2,1-2H3,(H,32,33,34)/t17-,22+/m0/s1. The van der Waals surface area contributed by atoms with Gasteiger partial charge in [0, 0.05) is 37.1 Å². The van der Waals surface area contributed by atoms with Crippen LogP contribution < -0.4 is 5.32 Å². The molecule has 0 bridgehead atoms. The molecule has 0 radical (unpaired) electrons. The molecule has 3 aromatic heterocycles. The Balaban J connectivity index is 1.37. The van der Waals surface area contributed by atoms with Crippen LogP contribution in [0.1, 0.15) is 55.2 Å². The summed E-state index contributed by atoms with van der Waals surface area (Å²) in [6.45, 7) is 2.79. The molecule has 7 nitrogen and oxygen atoms in total. The molecular weight excluding hydrogens is 455 g/mol. The molecule has 8 heteroatoms. The molecule has 36 heavy (non-hydrogen) atoms. The summed E-state index contributed by atoms with van der Waals surface area (Å²) in [7, 11) is 1.70. The summed E-state index contributed by atoms with van der Waals surface area (Å²) >= 11 is 0. The Bertz CT molecular complexity index is 1460. The summed E-state index contributed by atoms with van der Waals surface area (Å²) in [6.07, 6.45) is 9.57. The van der Waals surface area contributed by atoms with Gasteiger partial charge >= 0.3 is 0 Å². The van der Waals surface area contributed by atoms with E-state index in [0.717, 1.165) is 43.3 Å². The molecular formula is C28H29FN6O. The first-order chi connectivity index (χ1) is 17.6. The highest BCUT2D eigenvalue weighted by Crippen LogP contribution is 2.42. The minimum atomic E-state index is -0.417. The predicted octanol–water partition coefficient (Wildman–Crippen LogP) is 5.44. The Morgan fingerprint density at radius 3 is 2.94 bits per heavy atom. The maximum absolute atomic E-state index is 14.0. The predicted molar refractivity (Wildman–Crippen MR) is 137 cm³/mol. The lowest BCUT2D eigenvalue weighted by Gasteiger charge is -2.26. The van der Waals surface area contributed by atoms with Gasteiger partial charge in [-0.15, -0.1) is 0 Å². The number of nitrogens with one attached hydrogen (secondary N) is 1. The van der Waals surface area contributed by atoms with Gasteiger partial charge in [0.25, 0.3) is 0 Å². The second kappa shape index (κ2) is 9.43. The van der Waals surface area contributed by atoms with Gasteiger partial charge in [-0.05, 0) is 60.8 Å². The van der Waals surface area contributed by atoms with E-state index in [1.54, 1.807) is 23.4 Å². The number of allylic oxidation sites excluding steroid dienone is 1. The van der Waals surface area contributed by atoms with Crippen molar-refractivity contribution >= 4 is 17.2 Å². The smallest absolute Gasteiger partial charge is 0.228 e. The molecule has 2 atom stereocenters.